The molecule has 0 heterocycles. The first-order valence-corrected chi connectivity index (χ1v) is 6.77. The van der Waals surface area contributed by atoms with Crippen LogP contribution in [0.25, 0.3) is 11.1 Å². The van der Waals surface area contributed by atoms with Crippen molar-refractivity contribution in [1.82, 2.24) is 5.32 Å². The Hall–Kier alpha value is -1.80. The quantitative estimate of drug-likeness (QED) is 0.791. The largest absolute Gasteiger partial charge is 0.497 e. The van der Waals surface area contributed by atoms with Crippen molar-refractivity contribution in [2.75, 3.05) is 13.7 Å². The number of ether oxygens (including phenoxy) is 1. The average molecular weight is 255 g/mol. The van der Waals surface area contributed by atoms with E-state index in [1.165, 1.54) is 16.7 Å². The van der Waals surface area contributed by atoms with Crippen LogP contribution in [0.5, 0.6) is 5.75 Å². The maximum atomic E-state index is 5.18. The third-order valence-corrected chi connectivity index (χ3v) is 3.11. The van der Waals surface area contributed by atoms with Gasteiger partial charge in [-0.05, 0) is 47.9 Å². The fourth-order valence-corrected chi connectivity index (χ4v) is 2.05. The highest BCUT2D eigenvalue weighted by atomic mass is 16.5. The van der Waals surface area contributed by atoms with Crippen LogP contribution in [-0.2, 0) is 6.54 Å². The summed E-state index contributed by atoms with van der Waals surface area (Å²) in [7, 11) is 1.69. The van der Waals surface area contributed by atoms with E-state index < -0.39 is 0 Å². The minimum absolute atomic E-state index is 0.893. The standard InChI is InChI=1S/C17H21NO/c1-3-11-18-13-14-5-4-6-16(12-14)15-7-9-17(19-2)10-8-15/h4-10,12,18H,3,11,13H2,1-2H3. The second-order valence-electron chi connectivity index (χ2n) is 4.61. The Bertz CT molecular complexity index is 505. The Morgan fingerprint density at radius 1 is 1.00 bits per heavy atom. The smallest absolute Gasteiger partial charge is 0.118 e. The van der Waals surface area contributed by atoms with Gasteiger partial charge in [0.2, 0.25) is 0 Å². The molecular formula is C17H21NO. The molecule has 0 amide bonds. The lowest BCUT2D eigenvalue weighted by Gasteiger charge is -2.07. The van der Waals surface area contributed by atoms with E-state index in [-0.39, 0.29) is 0 Å². The number of benzene rings is 2. The first kappa shape index (κ1) is 13.6. The summed E-state index contributed by atoms with van der Waals surface area (Å²) >= 11 is 0. The monoisotopic (exact) mass is 255 g/mol. The van der Waals surface area contributed by atoms with Gasteiger partial charge in [0.15, 0.2) is 0 Å². The van der Waals surface area contributed by atoms with Crippen molar-refractivity contribution in [3.8, 4) is 16.9 Å². The number of methoxy groups -OCH3 is 1. The molecule has 2 aromatic rings. The van der Waals surface area contributed by atoms with Crippen LogP contribution in [0.3, 0.4) is 0 Å². The topological polar surface area (TPSA) is 21.3 Å². The van der Waals surface area contributed by atoms with Crippen molar-refractivity contribution >= 4 is 0 Å². The molecule has 0 spiro atoms. The second kappa shape index (κ2) is 6.95. The number of rotatable bonds is 6. The molecular weight excluding hydrogens is 234 g/mol. The summed E-state index contributed by atoms with van der Waals surface area (Å²) in [5.74, 6) is 0.893. The highest BCUT2D eigenvalue weighted by Gasteiger charge is 2.00. The van der Waals surface area contributed by atoms with E-state index in [9.17, 15) is 0 Å². The van der Waals surface area contributed by atoms with Crippen molar-refractivity contribution in [3.05, 3.63) is 54.1 Å². The molecule has 2 nitrogen and oxygen atoms in total. The molecule has 0 aliphatic heterocycles. The first-order valence-electron chi connectivity index (χ1n) is 6.77. The summed E-state index contributed by atoms with van der Waals surface area (Å²) in [5.41, 5.74) is 3.79. The van der Waals surface area contributed by atoms with E-state index in [1.54, 1.807) is 7.11 Å². The fraction of sp³-hybridized carbons (Fsp3) is 0.294. The summed E-state index contributed by atoms with van der Waals surface area (Å²) in [6.45, 7) is 4.17. The highest BCUT2D eigenvalue weighted by Crippen LogP contribution is 2.23. The summed E-state index contributed by atoms with van der Waals surface area (Å²) < 4.78 is 5.18. The zero-order valence-electron chi connectivity index (χ0n) is 11.6. The van der Waals surface area contributed by atoms with Gasteiger partial charge in [-0.25, -0.2) is 0 Å². The molecule has 0 radical (unpaired) electrons. The van der Waals surface area contributed by atoms with Crippen molar-refractivity contribution in [1.29, 1.82) is 0 Å². The van der Waals surface area contributed by atoms with Crippen molar-refractivity contribution in [3.63, 3.8) is 0 Å². The Morgan fingerprint density at radius 2 is 1.79 bits per heavy atom. The number of hydrogen-bond donors (Lipinski definition) is 1. The summed E-state index contributed by atoms with van der Waals surface area (Å²) in [6, 6.07) is 16.8. The molecule has 0 fully saturated rings. The van der Waals surface area contributed by atoms with Gasteiger partial charge >= 0.3 is 0 Å². The Morgan fingerprint density at radius 3 is 2.47 bits per heavy atom. The lowest BCUT2D eigenvalue weighted by molar-refractivity contribution is 0.415. The third-order valence-electron chi connectivity index (χ3n) is 3.11. The van der Waals surface area contributed by atoms with Crippen LogP contribution >= 0.6 is 0 Å². The molecule has 0 saturated carbocycles. The first-order chi connectivity index (χ1) is 9.33. The van der Waals surface area contributed by atoms with Gasteiger partial charge < -0.3 is 10.1 Å². The van der Waals surface area contributed by atoms with E-state index in [4.69, 9.17) is 4.74 Å². The van der Waals surface area contributed by atoms with E-state index in [2.05, 4.69) is 48.6 Å². The van der Waals surface area contributed by atoms with Gasteiger partial charge in [-0.3, -0.25) is 0 Å². The molecule has 100 valence electrons. The molecule has 2 rings (SSSR count). The SMILES string of the molecule is CCCNCc1cccc(-c2ccc(OC)cc2)c1. The predicted octanol–water partition coefficient (Wildman–Crippen LogP) is 3.86. The van der Waals surface area contributed by atoms with E-state index in [0.29, 0.717) is 0 Å². The summed E-state index contributed by atoms with van der Waals surface area (Å²) in [5, 5.41) is 3.43. The van der Waals surface area contributed by atoms with Crippen LogP contribution < -0.4 is 10.1 Å². The average Bonchev–Trinajstić information content (AvgIpc) is 2.48. The van der Waals surface area contributed by atoms with Crippen LogP contribution in [0.2, 0.25) is 0 Å². The molecule has 0 aliphatic carbocycles. The van der Waals surface area contributed by atoms with E-state index >= 15 is 0 Å². The molecule has 2 heteroatoms. The van der Waals surface area contributed by atoms with Crippen LogP contribution in [-0.4, -0.2) is 13.7 Å². The second-order valence-corrected chi connectivity index (χ2v) is 4.61. The fourth-order valence-electron chi connectivity index (χ4n) is 2.05. The molecule has 1 N–H and O–H groups in total. The van der Waals surface area contributed by atoms with Crippen molar-refractivity contribution in [2.24, 2.45) is 0 Å². The minimum atomic E-state index is 0.893. The molecule has 0 saturated heterocycles. The van der Waals surface area contributed by atoms with Gasteiger partial charge in [-0.15, -0.1) is 0 Å². The van der Waals surface area contributed by atoms with Gasteiger partial charge in [0.25, 0.3) is 0 Å². The summed E-state index contributed by atoms with van der Waals surface area (Å²) in [4.78, 5) is 0. The normalized spacial score (nSPS) is 10.4. The Labute approximate surface area is 115 Å². The molecule has 2 aromatic carbocycles. The molecule has 19 heavy (non-hydrogen) atoms. The van der Waals surface area contributed by atoms with Crippen LogP contribution in [0.4, 0.5) is 0 Å². The molecule has 0 bridgehead atoms. The van der Waals surface area contributed by atoms with Gasteiger partial charge in [0, 0.05) is 6.54 Å². The number of nitrogens with one attached hydrogen (secondary N) is 1. The Kier molecular flexibility index (Phi) is 4.99. The van der Waals surface area contributed by atoms with Gasteiger partial charge in [0.05, 0.1) is 7.11 Å². The van der Waals surface area contributed by atoms with Crippen LogP contribution in [0.15, 0.2) is 48.5 Å². The summed E-state index contributed by atoms with van der Waals surface area (Å²) in [6.07, 6.45) is 1.16. The zero-order valence-corrected chi connectivity index (χ0v) is 11.6. The van der Waals surface area contributed by atoms with Gasteiger partial charge in [0.1, 0.15) is 5.75 Å². The minimum Gasteiger partial charge on any atom is -0.497 e. The molecule has 0 aromatic heterocycles. The van der Waals surface area contributed by atoms with Crippen molar-refractivity contribution in [2.45, 2.75) is 19.9 Å². The van der Waals surface area contributed by atoms with Crippen LogP contribution in [0, 0.1) is 0 Å². The lowest BCUT2D eigenvalue weighted by atomic mass is 10.0. The van der Waals surface area contributed by atoms with E-state index in [1.807, 2.05) is 12.1 Å². The molecule has 0 aliphatic rings. The van der Waals surface area contributed by atoms with E-state index in [0.717, 1.165) is 25.3 Å². The van der Waals surface area contributed by atoms with Crippen molar-refractivity contribution < 1.29 is 4.74 Å². The van der Waals surface area contributed by atoms with Gasteiger partial charge in [-0.1, -0.05) is 37.3 Å². The van der Waals surface area contributed by atoms with Gasteiger partial charge in [-0.2, -0.15) is 0 Å². The molecule has 0 atom stereocenters. The highest BCUT2D eigenvalue weighted by molar-refractivity contribution is 5.64. The predicted molar refractivity (Wildman–Crippen MR) is 80.4 cm³/mol. The zero-order chi connectivity index (χ0) is 13.5. The number of hydrogen-bond acceptors (Lipinski definition) is 2. The Balaban J connectivity index is 2.12. The lowest BCUT2D eigenvalue weighted by Crippen LogP contribution is -2.13. The maximum absolute atomic E-state index is 5.18. The maximum Gasteiger partial charge on any atom is 0.118 e. The molecule has 0 unspecified atom stereocenters. The van der Waals surface area contributed by atoms with Crippen LogP contribution in [0.1, 0.15) is 18.9 Å². The third kappa shape index (κ3) is 3.83.